The summed E-state index contributed by atoms with van der Waals surface area (Å²) in [6.45, 7) is 2.46. The summed E-state index contributed by atoms with van der Waals surface area (Å²) in [5, 5.41) is 6.02. The second-order valence-corrected chi connectivity index (χ2v) is 7.67. The Balaban J connectivity index is 1.53. The van der Waals surface area contributed by atoms with Crippen LogP contribution in [-0.2, 0) is 17.8 Å². The van der Waals surface area contributed by atoms with Gasteiger partial charge in [-0.1, -0.05) is 0 Å². The summed E-state index contributed by atoms with van der Waals surface area (Å²) in [6, 6.07) is 0. The first-order valence-electron chi connectivity index (χ1n) is 6.51. The maximum Gasteiger partial charge on any atom is 0.225 e. The smallest absolute Gasteiger partial charge is 0.225 e. The first-order valence-corrected chi connectivity index (χ1v) is 8.62. The number of nitrogens with one attached hydrogen (secondary N) is 2. The molecule has 2 heterocycles. The molecule has 0 saturated heterocycles. The van der Waals surface area contributed by atoms with Crippen molar-refractivity contribution < 1.29 is 4.79 Å². The van der Waals surface area contributed by atoms with Crippen molar-refractivity contribution in [3.8, 4) is 0 Å². The van der Waals surface area contributed by atoms with E-state index in [-0.39, 0.29) is 5.91 Å². The molecule has 106 valence electrons. The zero-order chi connectivity index (χ0) is 14.1. The standard InChI is InChI=1S/C13H15N3OS3/c1-7-10(20-13(18)15-7)4-11(17)14-5-12-16-9(6-19-12)8-2-3-8/h6,8H,2-5H2,1H3,(H,14,17)(H,15,18). The number of carbonyl (C=O) groups excluding carboxylic acids is 1. The number of H-pyrrole nitrogens is 1. The fourth-order valence-corrected chi connectivity index (χ4v) is 4.07. The van der Waals surface area contributed by atoms with Gasteiger partial charge in [0, 0.05) is 21.9 Å². The van der Waals surface area contributed by atoms with E-state index < -0.39 is 0 Å². The Labute approximate surface area is 130 Å². The highest BCUT2D eigenvalue weighted by Gasteiger charge is 2.25. The van der Waals surface area contributed by atoms with Crippen molar-refractivity contribution in [2.24, 2.45) is 0 Å². The Bertz CT molecular complexity index is 681. The van der Waals surface area contributed by atoms with Crippen molar-refractivity contribution in [2.75, 3.05) is 0 Å². The Morgan fingerprint density at radius 2 is 2.40 bits per heavy atom. The van der Waals surface area contributed by atoms with Crippen LogP contribution >= 0.6 is 34.9 Å². The number of hydrogen-bond acceptors (Lipinski definition) is 5. The summed E-state index contributed by atoms with van der Waals surface area (Å²) in [4.78, 5) is 20.5. The molecule has 0 bridgehead atoms. The minimum absolute atomic E-state index is 0.0153. The minimum Gasteiger partial charge on any atom is -0.349 e. The molecule has 0 atom stereocenters. The van der Waals surface area contributed by atoms with Gasteiger partial charge in [0.05, 0.1) is 18.7 Å². The van der Waals surface area contributed by atoms with Crippen LogP contribution in [0.4, 0.5) is 0 Å². The average Bonchev–Trinajstić information content (AvgIpc) is 3.06. The monoisotopic (exact) mass is 325 g/mol. The molecule has 2 aromatic rings. The summed E-state index contributed by atoms with van der Waals surface area (Å²) in [6.07, 6.45) is 2.89. The molecule has 0 aromatic carbocycles. The number of rotatable bonds is 5. The minimum atomic E-state index is 0.0153. The Morgan fingerprint density at radius 3 is 3.05 bits per heavy atom. The fraction of sp³-hybridized carbons (Fsp3) is 0.462. The van der Waals surface area contributed by atoms with Gasteiger partial charge in [-0.25, -0.2) is 4.98 Å². The van der Waals surface area contributed by atoms with Crippen molar-refractivity contribution >= 4 is 40.8 Å². The van der Waals surface area contributed by atoms with Gasteiger partial charge in [0.2, 0.25) is 5.91 Å². The number of amides is 1. The number of carbonyl (C=O) groups is 1. The zero-order valence-electron chi connectivity index (χ0n) is 11.1. The van der Waals surface area contributed by atoms with Crippen LogP contribution in [0.3, 0.4) is 0 Å². The lowest BCUT2D eigenvalue weighted by molar-refractivity contribution is -0.120. The number of aromatic amines is 1. The van der Waals surface area contributed by atoms with Gasteiger partial charge >= 0.3 is 0 Å². The highest BCUT2D eigenvalue weighted by atomic mass is 32.1. The van der Waals surface area contributed by atoms with E-state index in [0.717, 1.165) is 19.5 Å². The van der Waals surface area contributed by atoms with Crippen molar-refractivity contribution in [3.63, 3.8) is 0 Å². The summed E-state index contributed by atoms with van der Waals surface area (Å²) in [5.41, 5.74) is 2.18. The molecule has 0 aliphatic heterocycles. The SMILES string of the molecule is Cc1[nH]c(=S)sc1CC(=O)NCc1nc(C2CC2)cs1. The van der Waals surface area contributed by atoms with E-state index in [1.165, 1.54) is 29.9 Å². The molecule has 3 rings (SSSR count). The summed E-state index contributed by atoms with van der Waals surface area (Å²) in [5.74, 6) is 0.687. The third-order valence-corrected chi connectivity index (χ3v) is 5.45. The largest absolute Gasteiger partial charge is 0.349 e. The molecule has 1 saturated carbocycles. The lowest BCUT2D eigenvalue weighted by atomic mass is 10.3. The maximum atomic E-state index is 11.9. The average molecular weight is 325 g/mol. The van der Waals surface area contributed by atoms with E-state index in [1.807, 2.05) is 6.92 Å². The van der Waals surface area contributed by atoms with E-state index >= 15 is 0 Å². The van der Waals surface area contributed by atoms with Crippen molar-refractivity contribution in [1.82, 2.24) is 15.3 Å². The van der Waals surface area contributed by atoms with Gasteiger partial charge in [0.25, 0.3) is 0 Å². The second kappa shape index (κ2) is 5.75. The predicted molar refractivity (Wildman–Crippen MR) is 83.9 cm³/mol. The molecule has 7 heteroatoms. The van der Waals surface area contributed by atoms with Gasteiger partial charge in [0.1, 0.15) is 5.01 Å². The van der Waals surface area contributed by atoms with Crippen LogP contribution in [0.2, 0.25) is 0 Å². The number of nitrogens with zero attached hydrogens (tertiary/aromatic N) is 1. The van der Waals surface area contributed by atoms with Crippen LogP contribution < -0.4 is 5.32 Å². The lowest BCUT2D eigenvalue weighted by Crippen LogP contribution is -2.24. The first-order chi connectivity index (χ1) is 9.61. The molecule has 4 nitrogen and oxygen atoms in total. The van der Waals surface area contributed by atoms with Gasteiger partial charge in [-0.3, -0.25) is 4.79 Å². The lowest BCUT2D eigenvalue weighted by Gasteiger charge is -2.02. The topological polar surface area (TPSA) is 57.8 Å². The van der Waals surface area contributed by atoms with Crippen LogP contribution in [-0.4, -0.2) is 15.9 Å². The van der Waals surface area contributed by atoms with Gasteiger partial charge in [-0.15, -0.1) is 22.7 Å². The van der Waals surface area contributed by atoms with E-state index in [4.69, 9.17) is 12.2 Å². The Kier molecular flexibility index (Phi) is 4.00. The number of hydrogen-bond donors (Lipinski definition) is 2. The summed E-state index contributed by atoms with van der Waals surface area (Å²) in [7, 11) is 0. The molecule has 1 aliphatic rings. The van der Waals surface area contributed by atoms with Crippen molar-refractivity contribution in [2.45, 2.75) is 38.6 Å². The Hall–Kier alpha value is -1.05. The number of aryl methyl sites for hydroxylation is 1. The molecular formula is C13H15N3OS3. The third-order valence-electron chi connectivity index (χ3n) is 3.25. The third kappa shape index (κ3) is 3.34. The second-order valence-electron chi connectivity index (χ2n) is 4.96. The van der Waals surface area contributed by atoms with Gasteiger partial charge in [0.15, 0.2) is 3.95 Å². The molecule has 1 amide bonds. The van der Waals surface area contributed by atoms with Crippen LogP contribution in [0.25, 0.3) is 0 Å². The van der Waals surface area contributed by atoms with Crippen LogP contribution in [0.15, 0.2) is 5.38 Å². The highest BCUT2D eigenvalue weighted by molar-refractivity contribution is 7.73. The summed E-state index contributed by atoms with van der Waals surface area (Å²) < 4.78 is 0.722. The van der Waals surface area contributed by atoms with E-state index in [1.54, 1.807) is 11.3 Å². The van der Waals surface area contributed by atoms with Crippen LogP contribution in [0.5, 0.6) is 0 Å². The predicted octanol–water partition coefficient (Wildman–Crippen LogP) is 3.31. The molecule has 1 aliphatic carbocycles. The molecule has 0 radical (unpaired) electrons. The molecule has 1 fully saturated rings. The van der Waals surface area contributed by atoms with Crippen molar-refractivity contribution in [1.29, 1.82) is 0 Å². The molecule has 2 N–H and O–H groups in total. The van der Waals surface area contributed by atoms with Gasteiger partial charge in [-0.05, 0) is 32.0 Å². The van der Waals surface area contributed by atoms with Gasteiger partial charge < -0.3 is 10.3 Å². The molecule has 0 spiro atoms. The van der Waals surface area contributed by atoms with Crippen LogP contribution in [0.1, 0.15) is 40.0 Å². The van der Waals surface area contributed by atoms with Crippen molar-refractivity contribution in [3.05, 3.63) is 30.6 Å². The number of aromatic nitrogens is 2. The quantitative estimate of drug-likeness (QED) is 0.829. The van der Waals surface area contributed by atoms with E-state index in [0.29, 0.717) is 18.9 Å². The zero-order valence-corrected chi connectivity index (χ0v) is 13.5. The fourth-order valence-electron chi connectivity index (χ4n) is 1.96. The highest BCUT2D eigenvalue weighted by Crippen LogP contribution is 2.40. The first kappa shape index (κ1) is 13.9. The maximum absolute atomic E-state index is 11.9. The molecule has 0 unspecified atom stereocenters. The van der Waals surface area contributed by atoms with E-state index in [2.05, 4.69) is 20.7 Å². The molecular weight excluding hydrogens is 310 g/mol. The van der Waals surface area contributed by atoms with Crippen LogP contribution in [0, 0.1) is 10.9 Å². The van der Waals surface area contributed by atoms with E-state index in [9.17, 15) is 4.79 Å². The normalized spacial score (nSPS) is 14.4. The number of thiazole rings is 2. The summed E-state index contributed by atoms with van der Waals surface area (Å²) >= 11 is 8.16. The molecule has 2 aromatic heterocycles. The Morgan fingerprint density at radius 1 is 1.60 bits per heavy atom. The molecule has 20 heavy (non-hydrogen) atoms. The van der Waals surface area contributed by atoms with Gasteiger partial charge in [-0.2, -0.15) is 0 Å².